The minimum atomic E-state index is 0.103. The molecule has 0 aliphatic heterocycles. The molecule has 200 valence electrons. The lowest BCUT2D eigenvalue weighted by Crippen LogP contribution is -2.42. The summed E-state index contributed by atoms with van der Waals surface area (Å²) < 4.78 is 1.91. The SMILES string of the molecule is CCN(c1c(C)c(C(=O)CCC2=C(C)C=C(C)CC2=O)cc2c1c(C)nn2C)C1CCC(N(C)C)CC1. The first-order valence-corrected chi connectivity index (χ1v) is 13.9. The van der Waals surface area contributed by atoms with Crippen LogP contribution in [0.25, 0.3) is 10.9 Å². The van der Waals surface area contributed by atoms with Gasteiger partial charge in [0, 0.05) is 49.5 Å². The highest BCUT2D eigenvalue weighted by molar-refractivity contribution is 6.07. The van der Waals surface area contributed by atoms with Crippen LogP contribution in [-0.2, 0) is 11.8 Å². The first-order chi connectivity index (χ1) is 17.5. The van der Waals surface area contributed by atoms with Crippen LogP contribution in [0, 0.1) is 13.8 Å². The van der Waals surface area contributed by atoms with Crippen molar-refractivity contribution in [3.63, 3.8) is 0 Å². The Labute approximate surface area is 222 Å². The summed E-state index contributed by atoms with van der Waals surface area (Å²) in [4.78, 5) is 31.2. The molecule has 1 aromatic carbocycles. The first-order valence-electron chi connectivity index (χ1n) is 13.9. The topological polar surface area (TPSA) is 58.4 Å². The quantitative estimate of drug-likeness (QED) is 0.407. The molecule has 1 heterocycles. The Morgan fingerprint density at radius 3 is 2.32 bits per heavy atom. The average molecular weight is 505 g/mol. The summed E-state index contributed by atoms with van der Waals surface area (Å²) in [5.74, 6) is 0.261. The molecule has 6 nitrogen and oxygen atoms in total. The largest absolute Gasteiger partial charge is 0.368 e. The molecule has 2 aromatic rings. The number of aryl methyl sites for hydroxylation is 2. The second-order valence-corrected chi connectivity index (χ2v) is 11.4. The lowest BCUT2D eigenvalue weighted by Gasteiger charge is -2.40. The second-order valence-electron chi connectivity index (χ2n) is 11.4. The van der Waals surface area contributed by atoms with Crippen LogP contribution in [0.5, 0.6) is 0 Å². The fourth-order valence-electron chi connectivity index (χ4n) is 6.63. The normalized spacial score (nSPS) is 20.7. The van der Waals surface area contributed by atoms with Crippen molar-refractivity contribution >= 4 is 28.2 Å². The van der Waals surface area contributed by atoms with Crippen molar-refractivity contribution in [3.05, 3.63) is 45.7 Å². The van der Waals surface area contributed by atoms with Crippen molar-refractivity contribution in [2.24, 2.45) is 7.05 Å². The van der Waals surface area contributed by atoms with Gasteiger partial charge in [0.2, 0.25) is 0 Å². The zero-order valence-electron chi connectivity index (χ0n) is 24.1. The molecule has 2 aliphatic rings. The Morgan fingerprint density at radius 2 is 1.73 bits per heavy atom. The predicted molar refractivity (Wildman–Crippen MR) is 153 cm³/mol. The molecule has 0 unspecified atom stereocenters. The Kier molecular flexibility index (Phi) is 8.08. The van der Waals surface area contributed by atoms with Gasteiger partial charge in [-0.05, 0) is 104 Å². The fraction of sp³-hybridized carbons (Fsp3) is 0.581. The molecular weight excluding hydrogens is 460 g/mol. The minimum absolute atomic E-state index is 0.103. The zero-order valence-corrected chi connectivity index (χ0v) is 24.1. The maximum absolute atomic E-state index is 13.7. The molecule has 4 rings (SSSR count). The van der Waals surface area contributed by atoms with Gasteiger partial charge in [-0.25, -0.2) is 0 Å². The van der Waals surface area contributed by atoms with Crippen molar-refractivity contribution in [1.29, 1.82) is 0 Å². The molecule has 2 aliphatic carbocycles. The third-order valence-corrected chi connectivity index (χ3v) is 8.63. The average Bonchev–Trinajstić information content (AvgIpc) is 3.12. The van der Waals surface area contributed by atoms with E-state index in [1.807, 2.05) is 31.6 Å². The molecule has 0 saturated heterocycles. The lowest BCUT2D eigenvalue weighted by molar-refractivity contribution is -0.115. The van der Waals surface area contributed by atoms with E-state index < -0.39 is 0 Å². The Balaban J connectivity index is 1.70. The van der Waals surface area contributed by atoms with Crippen molar-refractivity contribution in [1.82, 2.24) is 14.7 Å². The molecule has 1 saturated carbocycles. The summed E-state index contributed by atoms with van der Waals surface area (Å²) in [5.41, 5.74) is 7.89. The van der Waals surface area contributed by atoms with E-state index in [0.29, 0.717) is 31.3 Å². The van der Waals surface area contributed by atoms with Gasteiger partial charge in [-0.15, -0.1) is 0 Å². The van der Waals surface area contributed by atoms with E-state index in [9.17, 15) is 9.59 Å². The number of carbonyl (C=O) groups is 2. The van der Waals surface area contributed by atoms with E-state index in [-0.39, 0.29) is 11.6 Å². The maximum Gasteiger partial charge on any atom is 0.163 e. The molecule has 0 atom stereocenters. The molecular formula is C31H44N4O2. The molecule has 0 amide bonds. The minimum Gasteiger partial charge on any atom is -0.368 e. The summed E-state index contributed by atoms with van der Waals surface area (Å²) >= 11 is 0. The lowest BCUT2D eigenvalue weighted by atomic mass is 9.87. The van der Waals surface area contributed by atoms with Gasteiger partial charge in [0.25, 0.3) is 0 Å². The van der Waals surface area contributed by atoms with E-state index in [2.05, 4.69) is 50.7 Å². The van der Waals surface area contributed by atoms with Crippen molar-refractivity contribution in [3.8, 4) is 0 Å². The van der Waals surface area contributed by atoms with Crippen molar-refractivity contribution in [2.45, 2.75) is 91.6 Å². The number of Topliss-reactive ketones (excluding diaryl/α,β-unsaturated/α-hetero) is 2. The number of ketones is 2. The summed E-state index contributed by atoms with van der Waals surface area (Å²) in [6, 6.07) is 3.13. The molecule has 37 heavy (non-hydrogen) atoms. The van der Waals surface area contributed by atoms with Crippen LogP contribution >= 0.6 is 0 Å². The third kappa shape index (κ3) is 5.31. The van der Waals surface area contributed by atoms with Crippen LogP contribution < -0.4 is 4.90 Å². The highest BCUT2D eigenvalue weighted by Crippen LogP contribution is 2.39. The van der Waals surface area contributed by atoms with Gasteiger partial charge in [-0.2, -0.15) is 5.10 Å². The standard InChI is InChI=1S/C31H44N4O2/c1-9-35(24-12-10-23(11-13-24)33(6)7)31-21(4)26(18-27-30(31)22(5)32-34(27)8)28(36)15-14-25-20(3)16-19(2)17-29(25)37/h16,18,23-24H,9-15,17H2,1-8H3. The third-order valence-electron chi connectivity index (χ3n) is 8.63. The summed E-state index contributed by atoms with van der Waals surface area (Å²) in [6.07, 6.45) is 8.07. The fourth-order valence-corrected chi connectivity index (χ4v) is 6.63. The van der Waals surface area contributed by atoms with Gasteiger partial charge in [0.05, 0.1) is 16.9 Å². The Hall–Kier alpha value is -2.73. The van der Waals surface area contributed by atoms with E-state index in [0.717, 1.165) is 63.8 Å². The van der Waals surface area contributed by atoms with Crippen LogP contribution in [0.4, 0.5) is 5.69 Å². The van der Waals surface area contributed by atoms with Crippen molar-refractivity contribution < 1.29 is 9.59 Å². The van der Waals surface area contributed by atoms with E-state index in [4.69, 9.17) is 5.10 Å². The number of fused-ring (bicyclic) bond motifs is 1. The predicted octanol–water partition coefficient (Wildman–Crippen LogP) is 6.09. The number of aromatic nitrogens is 2. The number of benzene rings is 1. The van der Waals surface area contributed by atoms with E-state index in [1.165, 1.54) is 18.5 Å². The van der Waals surface area contributed by atoms with E-state index in [1.54, 1.807) is 0 Å². The summed E-state index contributed by atoms with van der Waals surface area (Å²) in [5, 5.41) is 5.91. The second kappa shape index (κ2) is 10.9. The monoisotopic (exact) mass is 504 g/mol. The van der Waals surface area contributed by atoms with Gasteiger partial charge in [0.15, 0.2) is 11.6 Å². The van der Waals surface area contributed by atoms with Crippen LogP contribution in [0.2, 0.25) is 0 Å². The molecule has 1 aromatic heterocycles. The number of rotatable bonds is 8. The van der Waals surface area contributed by atoms with Gasteiger partial charge in [-0.3, -0.25) is 14.3 Å². The van der Waals surface area contributed by atoms with Gasteiger partial charge < -0.3 is 9.80 Å². The molecule has 0 bridgehead atoms. The van der Waals surface area contributed by atoms with Crippen LogP contribution in [0.15, 0.2) is 28.9 Å². The summed E-state index contributed by atoms with van der Waals surface area (Å²) in [6.45, 7) is 11.3. The molecule has 0 radical (unpaired) electrons. The molecule has 0 spiro atoms. The Morgan fingerprint density at radius 1 is 1.08 bits per heavy atom. The first kappa shape index (κ1) is 27.3. The summed E-state index contributed by atoms with van der Waals surface area (Å²) in [7, 11) is 6.32. The van der Waals surface area contributed by atoms with Crippen LogP contribution in [0.3, 0.4) is 0 Å². The number of anilines is 1. The number of hydrogen-bond donors (Lipinski definition) is 0. The number of nitrogens with zero attached hydrogens (tertiary/aromatic N) is 4. The maximum atomic E-state index is 13.7. The number of allylic oxidation sites excluding steroid dienone is 4. The molecule has 6 heteroatoms. The van der Waals surface area contributed by atoms with E-state index >= 15 is 0 Å². The van der Waals surface area contributed by atoms with Gasteiger partial charge in [-0.1, -0.05) is 11.6 Å². The number of hydrogen-bond acceptors (Lipinski definition) is 5. The zero-order chi connectivity index (χ0) is 27.0. The highest BCUT2D eigenvalue weighted by atomic mass is 16.1. The Bertz CT molecular complexity index is 1270. The molecule has 1 fully saturated rings. The van der Waals surface area contributed by atoms with Gasteiger partial charge in [0.1, 0.15) is 0 Å². The highest BCUT2D eigenvalue weighted by Gasteiger charge is 2.30. The van der Waals surface area contributed by atoms with Crippen molar-refractivity contribution in [2.75, 3.05) is 25.5 Å². The van der Waals surface area contributed by atoms with Crippen LogP contribution in [0.1, 0.15) is 87.3 Å². The number of carbonyl (C=O) groups excluding carboxylic acids is 2. The van der Waals surface area contributed by atoms with Gasteiger partial charge >= 0.3 is 0 Å². The van der Waals surface area contributed by atoms with Crippen LogP contribution in [-0.4, -0.2) is 59.0 Å². The smallest absolute Gasteiger partial charge is 0.163 e. The molecule has 0 N–H and O–H groups in total.